The Morgan fingerprint density at radius 3 is 2.65 bits per heavy atom. The summed E-state index contributed by atoms with van der Waals surface area (Å²) in [6.45, 7) is 9.18. The van der Waals surface area contributed by atoms with Crippen molar-refractivity contribution in [2.24, 2.45) is 0 Å². The summed E-state index contributed by atoms with van der Waals surface area (Å²) >= 11 is 0. The zero-order chi connectivity index (χ0) is 23.5. The van der Waals surface area contributed by atoms with Crippen LogP contribution in [0.1, 0.15) is 76.1 Å². The van der Waals surface area contributed by atoms with Gasteiger partial charge < -0.3 is 20.3 Å². The molecule has 182 valence electrons. The first-order valence-electron chi connectivity index (χ1n) is 13.0. The van der Waals surface area contributed by atoms with Crippen molar-refractivity contribution in [1.82, 2.24) is 25.3 Å². The molecule has 1 spiro atoms. The fraction of sp³-hybridized carbons (Fsp3) is 0.630. The van der Waals surface area contributed by atoms with Crippen LogP contribution in [-0.4, -0.2) is 51.9 Å². The maximum Gasteiger partial charge on any atom is 0.317 e. The number of benzene rings is 1. The van der Waals surface area contributed by atoms with Gasteiger partial charge in [-0.2, -0.15) is 5.10 Å². The van der Waals surface area contributed by atoms with Crippen LogP contribution in [0.15, 0.2) is 24.3 Å². The number of ether oxygens (including phenoxy) is 1. The van der Waals surface area contributed by atoms with Gasteiger partial charge in [0.15, 0.2) is 0 Å². The number of urea groups is 1. The predicted molar refractivity (Wildman–Crippen MR) is 132 cm³/mol. The fourth-order valence-electron chi connectivity index (χ4n) is 6.41. The third-order valence-electron chi connectivity index (χ3n) is 8.52. The van der Waals surface area contributed by atoms with Gasteiger partial charge in [0.05, 0.1) is 6.04 Å². The first-order chi connectivity index (χ1) is 16.4. The summed E-state index contributed by atoms with van der Waals surface area (Å²) in [5.41, 5.74) is 4.29. The highest BCUT2D eigenvalue weighted by atomic mass is 16.5. The smallest absolute Gasteiger partial charge is 0.317 e. The van der Waals surface area contributed by atoms with Gasteiger partial charge in [0.1, 0.15) is 17.0 Å². The van der Waals surface area contributed by atoms with Gasteiger partial charge in [-0.25, -0.2) is 4.79 Å². The molecule has 0 unspecified atom stereocenters. The Bertz CT molecular complexity index is 1090. The lowest BCUT2D eigenvalue weighted by molar-refractivity contribution is 0.00397. The fourth-order valence-corrected chi connectivity index (χ4v) is 6.41. The van der Waals surface area contributed by atoms with Crippen LogP contribution in [0.25, 0.3) is 11.3 Å². The summed E-state index contributed by atoms with van der Waals surface area (Å²) in [6, 6.07) is 9.13. The number of likely N-dealkylation sites (tertiary alicyclic amines) is 1. The number of hydrogen-bond donors (Lipinski definition) is 2. The van der Waals surface area contributed by atoms with Crippen molar-refractivity contribution in [2.75, 3.05) is 19.6 Å². The molecule has 1 aromatic carbocycles. The van der Waals surface area contributed by atoms with Crippen LogP contribution in [0, 0.1) is 6.92 Å². The van der Waals surface area contributed by atoms with E-state index in [2.05, 4.69) is 54.3 Å². The summed E-state index contributed by atoms with van der Waals surface area (Å²) in [5, 5.41) is 12.1. The van der Waals surface area contributed by atoms with Gasteiger partial charge in [-0.3, -0.25) is 4.68 Å². The van der Waals surface area contributed by atoms with Gasteiger partial charge in [-0.05, 0) is 71.6 Å². The number of amides is 2. The molecule has 4 heterocycles. The van der Waals surface area contributed by atoms with E-state index in [9.17, 15) is 4.79 Å². The van der Waals surface area contributed by atoms with E-state index in [0.717, 1.165) is 62.1 Å². The molecule has 2 amide bonds. The van der Waals surface area contributed by atoms with Gasteiger partial charge in [-0.1, -0.05) is 12.1 Å². The molecule has 7 heteroatoms. The molecule has 34 heavy (non-hydrogen) atoms. The summed E-state index contributed by atoms with van der Waals surface area (Å²) in [6.07, 6.45) is 7.15. The number of para-hydroxylation sites is 1. The predicted octanol–water partition coefficient (Wildman–Crippen LogP) is 4.51. The Balaban J connectivity index is 1.33. The van der Waals surface area contributed by atoms with Crippen molar-refractivity contribution in [3.05, 3.63) is 35.5 Å². The first kappa shape index (κ1) is 22.0. The summed E-state index contributed by atoms with van der Waals surface area (Å²) in [5.74, 6) is 0.915. The van der Waals surface area contributed by atoms with Gasteiger partial charge in [0.25, 0.3) is 0 Å². The van der Waals surface area contributed by atoms with Gasteiger partial charge in [0.2, 0.25) is 0 Å². The zero-order valence-electron chi connectivity index (χ0n) is 20.7. The molecule has 0 bridgehead atoms. The van der Waals surface area contributed by atoms with E-state index in [4.69, 9.17) is 9.84 Å². The third-order valence-corrected chi connectivity index (χ3v) is 8.52. The van der Waals surface area contributed by atoms with E-state index in [-0.39, 0.29) is 11.6 Å². The Kier molecular flexibility index (Phi) is 5.17. The lowest BCUT2D eigenvalue weighted by Crippen LogP contribution is -2.54. The zero-order valence-corrected chi connectivity index (χ0v) is 20.7. The van der Waals surface area contributed by atoms with E-state index < -0.39 is 5.60 Å². The number of fused-ring (bicyclic) bond motifs is 4. The summed E-state index contributed by atoms with van der Waals surface area (Å²) in [7, 11) is 0. The molecule has 3 fully saturated rings. The van der Waals surface area contributed by atoms with E-state index in [1.165, 1.54) is 17.7 Å². The highest BCUT2D eigenvalue weighted by molar-refractivity contribution is 5.76. The number of piperidine rings is 2. The number of hydrogen-bond acceptors (Lipinski definition) is 4. The maximum atomic E-state index is 12.8. The molecular formula is C27H37N5O2. The SMILES string of the molecule is Cc1c2c(nn1[C@@H]1CCNC(C)(C)C1)-c1ccccc1OC21CCN(C(=O)NC2CCC2)CC1. The largest absolute Gasteiger partial charge is 0.482 e. The van der Waals surface area contributed by atoms with Gasteiger partial charge in [0, 0.05) is 54.3 Å². The average Bonchev–Trinajstić information content (AvgIpc) is 3.14. The number of aromatic nitrogens is 2. The van der Waals surface area contributed by atoms with E-state index in [1.807, 2.05) is 11.0 Å². The molecule has 6 rings (SSSR count). The Labute approximate surface area is 202 Å². The maximum absolute atomic E-state index is 12.8. The molecule has 7 nitrogen and oxygen atoms in total. The minimum atomic E-state index is -0.429. The highest BCUT2D eigenvalue weighted by Gasteiger charge is 2.48. The molecule has 1 saturated carbocycles. The topological polar surface area (TPSA) is 71.4 Å². The van der Waals surface area contributed by atoms with E-state index >= 15 is 0 Å². The number of carbonyl (C=O) groups is 1. The quantitative estimate of drug-likeness (QED) is 0.688. The van der Waals surface area contributed by atoms with Crippen molar-refractivity contribution in [3.63, 3.8) is 0 Å². The first-order valence-corrected chi connectivity index (χ1v) is 13.0. The van der Waals surface area contributed by atoms with Gasteiger partial charge >= 0.3 is 6.03 Å². The van der Waals surface area contributed by atoms with Crippen LogP contribution in [0.5, 0.6) is 5.75 Å². The Morgan fingerprint density at radius 2 is 1.94 bits per heavy atom. The molecular weight excluding hydrogens is 426 g/mol. The monoisotopic (exact) mass is 463 g/mol. The lowest BCUT2D eigenvalue weighted by atomic mass is 9.79. The van der Waals surface area contributed by atoms with Crippen LogP contribution in [-0.2, 0) is 5.60 Å². The molecule has 2 aromatic rings. The van der Waals surface area contributed by atoms with Crippen molar-refractivity contribution in [3.8, 4) is 17.0 Å². The second kappa shape index (κ2) is 8.01. The second-order valence-electron chi connectivity index (χ2n) is 11.4. The van der Waals surface area contributed by atoms with Crippen LogP contribution in [0.3, 0.4) is 0 Å². The van der Waals surface area contributed by atoms with Crippen LogP contribution < -0.4 is 15.4 Å². The van der Waals surface area contributed by atoms with E-state index in [0.29, 0.717) is 25.2 Å². The van der Waals surface area contributed by atoms with Crippen molar-refractivity contribution in [2.45, 2.75) is 88.9 Å². The lowest BCUT2D eigenvalue weighted by Gasteiger charge is -2.45. The molecule has 1 atom stereocenters. The molecule has 3 aliphatic heterocycles. The Morgan fingerprint density at radius 1 is 1.18 bits per heavy atom. The normalized spacial score (nSPS) is 25.1. The third kappa shape index (κ3) is 3.60. The molecule has 1 aliphatic carbocycles. The minimum Gasteiger partial charge on any atom is -0.482 e. The minimum absolute atomic E-state index is 0.0836. The standard InChI is InChI=1S/C27H37N5O2/c1-18-23-24(30-32(18)20-11-14-28-26(2,3)17-20)21-9-4-5-10-22(21)34-27(23)12-15-31(16-13-27)25(33)29-19-7-6-8-19/h4-5,9-10,19-20,28H,6-8,11-17H2,1-3H3,(H,29,33)/t20-/m1/s1. The highest BCUT2D eigenvalue weighted by Crippen LogP contribution is 2.51. The molecule has 0 radical (unpaired) electrons. The van der Waals surface area contributed by atoms with Crippen LogP contribution >= 0.6 is 0 Å². The van der Waals surface area contributed by atoms with Crippen molar-refractivity contribution < 1.29 is 9.53 Å². The number of rotatable bonds is 2. The van der Waals surface area contributed by atoms with Crippen LogP contribution in [0.4, 0.5) is 4.79 Å². The summed E-state index contributed by atoms with van der Waals surface area (Å²) < 4.78 is 9.11. The van der Waals surface area contributed by atoms with Crippen LogP contribution in [0.2, 0.25) is 0 Å². The number of nitrogens with zero attached hydrogens (tertiary/aromatic N) is 3. The van der Waals surface area contributed by atoms with Gasteiger partial charge in [-0.15, -0.1) is 0 Å². The van der Waals surface area contributed by atoms with Crippen molar-refractivity contribution in [1.29, 1.82) is 0 Å². The van der Waals surface area contributed by atoms with E-state index in [1.54, 1.807) is 0 Å². The molecule has 1 aromatic heterocycles. The molecule has 4 aliphatic rings. The number of carbonyl (C=O) groups excluding carboxylic acids is 1. The summed E-state index contributed by atoms with van der Waals surface area (Å²) in [4.78, 5) is 14.8. The average molecular weight is 464 g/mol. The Hall–Kier alpha value is -2.54. The second-order valence-corrected chi connectivity index (χ2v) is 11.4. The molecule has 2 N–H and O–H groups in total. The van der Waals surface area contributed by atoms with Crippen molar-refractivity contribution >= 4 is 6.03 Å². The number of nitrogens with one attached hydrogen (secondary N) is 2. The molecule has 2 saturated heterocycles.